The molecule has 1 N–H and O–H groups in total. The van der Waals surface area contributed by atoms with Crippen LogP contribution in [-0.4, -0.2) is 36.6 Å². The van der Waals surface area contributed by atoms with Crippen LogP contribution < -0.4 is 0 Å². The number of carbonyl (C=O) groups is 1. The quantitative estimate of drug-likeness (QED) is 0.532. The first-order valence-corrected chi connectivity index (χ1v) is 2.97. The van der Waals surface area contributed by atoms with E-state index in [0.29, 0.717) is 6.54 Å². The molecule has 1 unspecified atom stereocenters. The Morgan fingerprint density at radius 2 is 2.33 bits per heavy atom. The lowest BCUT2D eigenvalue weighted by Gasteiger charge is -2.14. The molecule has 0 aliphatic heterocycles. The van der Waals surface area contributed by atoms with Crippen LogP contribution in [0.3, 0.4) is 0 Å². The molecule has 1 amide bonds. The van der Waals surface area contributed by atoms with Crippen LogP contribution in [0.15, 0.2) is 0 Å². The molecular weight excluding hydrogens is 118 g/mol. The van der Waals surface area contributed by atoms with Crippen LogP contribution in [0.2, 0.25) is 0 Å². The molecule has 3 heteroatoms. The minimum Gasteiger partial charge on any atom is -0.396 e. The van der Waals surface area contributed by atoms with Crippen molar-refractivity contribution in [3.8, 4) is 0 Å². The zero-order chi connectivity index (χ0) is 7.28. The topological polar surface area (TPSA) is 40.5 Å². The van der Waals surface area contributed by atoms with E-state index in [9.17, 15) is 4.79 Å². The fraction of sp³-hybridized carbons (Fsp3) is 0.833. The summed E-state index contributed by atoms with van der Waals surface area (Å²) in [6.07, 6.45) is 0.756. The molecule has 0 aromatic carbocycles. The standard InChI is InChI=1S/C6H13NO2/c1-6(4-8)3-7(2)5-9/h5-6,8H,3-4H2,1-2H3. The molecule has 0 radical (unpaired) electrons. The predicted octanol–water partition coefficient (Wildman–Crippen LogP) is -0.297. The maximum Gasteiger partial charge on any atom is 0.209 e. The summed E-state index contributed by atoms with van der Waals surface area (Å²) < 4.78 is 0. The van der Waals surface area contributed by atoms with Crippen molar-refractivity contribution < 1.29 is 9.90 Å². The molecule has 0 heterocycles. The van der Waals surface area contributed by atoms with Gasteiger partial charge in [-0.2, -0.15) is 0 Å². The molecule has 0 saturated heterocycles. The van der Waals surface area contributed by atoms with Crippen LogP contribution in [0.5, 0.6) is 0 Å². The number of carbonyl (C=O) groups excluding carboxylic acids is 1. The molecule has 0 rings (SSSR count). The van der Waals surface area contributed by atoms with Gasteiger partial charge in [0.15, 0.2) is 0 Å². The van der Waals surface area contributed by atoms with Gasteiger partial charge in [0, 0.05) is 20.2 Å². The highest BCUT2D eigenvalue weighted by Crippen LogP contribution is 1.92. The van der Waals surface area contributed by atoms with Crippen molar-refractivity contribution in [1.82, 2.24) is 4.90 Å². The summed E-state index contributed by atoms with van der Waals surface area (Å²) in [6.45, 7) is 2.65. The van der Waals surface area contributed by atoms with Crippen molar-refractivity contribution in [3.05, 3.63) is 0 Å². The van der Waals surface area contributed by atoms with Crippen LogP contribution in [0, 0.1) is 5.92 Å². The molecule has 0 saturated carbocycles. The summed E-state index contributed by atoms with van der Waals surface area (Å²) in [5.41, 5.74) is 0. The van der Waals surface area contributed by atoms with Gasteiger partial charge in [-0.15, -0.1) is 0 Å². The molecule has 9 heavy (non-hydrogen) atoms. The molecule has 0 aromatic rings. The predicted molar refractivity (Wildman–Crippen MR) is 34.9 cm³/mol. The zero-order valence-electron chi connectivity index (χ0n) is 5.87. The molecule has 0 aliphatic carbocycles. The van der Waals surface area contributed by atoms with Crippen LogP contribution in [-0.2, 0) is 4.79 Å². The monoisotopic (exact) mass is 131 g/mol. The Hall–Kier alpha value is -0.570. The van der Waals surface area contributed by atoms with Gasteiger partial charge in [0.25, 0.3) is 0 Å². The van der Waals surface area contributed by atoms with Crippen molar-refractivity contribution in [2.24, 2.45) is 5.92 Å². The summed E-state index contributed by atoms with van der Waals surface area (Å²) in [4.78, 5) is 11.5. The van der Waals surface area contributed by atoms with Crippen LogP contribution in [0.25, 0.3) is 0 Å². The summed E-state index contributed by atoms with van der Waals surface area (Å²) in [5.74, 6) is 0.181. The molecule has 0 bridgehead atoms. The highest BCUT2D eigenvalue weighted by Gasteiger charge is 2.01. The van der Waals surface area contributed by atoms with Gasteiger partial charge in [0.1, 0.15) is 0 Å². The summed E-state index contributed by atoms with van der Waals surface area (Å²) >= 11 is 0. The van der Waals surface area contributed by atoms with E-state index in [2.05, 4.69) is 0 Å². The largest absolute Gasteiger partial charge is 0.396 e. The van der Waals surface area contributed by atoms with E-state index in [1.54, 1.807) is 7.05 Å². The maximum atomic E-state index is 10.0. The number of aliphatic hydroxyl groups is 1. The Bertz CT molecular complexity index is 85.1. The first kappa shape index (κ1) is 8.43. The number of amides is 1. The highest BCUT2D eigenvalue weighted by atomic mass is 16.3. The van der Waals surface area contributed by atoms with E-state index in [1.165, 1.54) is 4.90 Å². The Kier molecular flexibility index (Phi) is 4.05. The molecule has 0 aliphatic rings. The van der Waals surface area contributed by atoms with Crippen molar-refractivity contribution in [1.29, 1.82) is 0 Å². The lowest BCUT2D eigenvalue weighted by atomic mass is 10.2. The van der Waals surface area contributed by atoms with Gasteiger partial charge in [-0.1, -0.05) is 6.92 Å². The lowest BCUT2D eigenvalue weighted by molar-refractivity contribution is -0.117. The summed E-state index contributed by atoms with van der Waals surface area (Å²) in [7, 11) is 1.69. The molecule has 0 fully saturated rings. The Labute approximate surface area is 55.3 Å². The van der Waals surface area contributed by atoms with Gasteiger partial charge in [-0.05, 0) is 5.92 Å². The number of hydrogen-bond donors (Lipinski definition) is 1. The second-order valence-corrected chi connectivity index (χ2v) is 2.33. The Morgan fingerprint density at radius 3 is 2.67 bits per heavy atom. The third kappa shape index (κ3) is 3.97. The summed E-state index contributed by atoms with van der Waals surface area (Å²) in [5, 5.41) is 8.54. The third-order valence-electron chi connectivity index (χ3n) is 1.09. The van der Waals surface area contributed by atoms with Crippen molar-refractivity contribution in [3.63, 3.8) is 0 Å². The molecule has 0 aromatic heterocycles. The van der Waals surface area contributed by atoms with E-state index in [1.807, 2.05) is 6.92 Å². The van der Waals surface area contributed by atoms with E-state index >= 15 is 0 Å². The van der Waals surface area contributed by atoms with Gasteiger partial charge in [-0.25, -0.2) is 0 Å². The fourth-order valence-corrected chi connectivity index (χ4v) is 0.592. The fourth-order valence-electron chi connectivity index (χ4n) is 0.592. The van der Waals surface area contributed by atoms with Crippen molar-refractivity contribution in [2.75, 3.05) is 20.2 Å². The smallest absolute Gasteiger partial charge is 0.209 e. The number of rotatable bonds is 4. The minimum absolute atomic E-state index is 0.137. The number of hydrogen-bond acceptors (Lipinski definition) is 2. The second-order valence-electron chi connectivity index (χ2n) is 2.33. The van der Waals surface area contributed by atoms with E-state index in [-0.39, 0.29) is 12.5 Å². The number of aliphatic hydroxyl groups excluding tert-OH is 1. The first-order chi connectivity index (χ1) is 4.20. The molecule has 1 atom stereocenters. The van der Waals surface area contributed by atoms with E-state index in [4.69, 9.17) is 5.11 Å². The van der Waals surface area contributed by atoms with Crippen LogP contribution in [0.4, 0.5) is 0 Å². The normalized spacial score (nSPS) is 12.8. The third-order valence-corrected chi connectivity index (χ3v) is 1.09. The van der Waals surface area contributed by atoms with Crippen LogP contribution in [0.1, 0.15) is 6.92 Å². The van der Waals surface area contributed by atoms with E-state index < -0.39 is 0 Å². The molecule has 0 spiro atoms. The molecule has 3 nitrogen and oxygen atoms in total. The number of nitrogens with zero attached hydrogens (tertiary/aromatic N) is 1. The van der Waals surface area contributed by atoms with Crippen molar-refractivity contribution >= 4 is 6.41 Å². The van der Waals surface area contributed by atoms with Crippen LogP contribution >= 0.6 is 0 Å². The van der Waals surface area contributed by atoms with Gasteiger partial charge in [0.05, 0.1) is 0 Å². The average Bonchev–Trinajstić information content (AvgIpc) is 1.87. The maximum absolute atomic E-state index is 10.0. The summed E-state index contributed by atoms with van der Waals surface area (Å²) in [6, 6.07) is 0. The van der Waals surface area contributed by atoms with Gasteiger partial charge in [0.2, 0.25) is 6.41 Å². The van der Waals surface area contributed by atoms with Gasteiger partial charge >= 0.3 is 0 Å². The Morgan fingerprint density at radius 1 is 1.78 bits per heavy atom. The van der Waals surface area contributed by atoms with E-state index in [0.717, 1.165) is 6.41 Å². The zero-order valence-corrected chi connectivity index (χ0v) is 5.87. The van der Waals surface area contributed by atoms with Gasteiger partial charge in [-0.3, -0.25) is 4.79 Å². The van der Waals surface area contributed by atoms with Gasteiger partial charge < -0.3 is 10.0 Å². The lowest BCUT2D eigenvalue weighted by Crippen LogP contribution is -2.24. The van der Waals surface area contributed by atoms with Crippen molar-refractivity contribution in [2.45, 2.75) is 6.92 Å². The molecule has 54 valence electrons. The highest BCUT2D eigenvalue weighted by molar-refractivity contribution is 5.46. The average molecular weight is 131 g/mol. The SMILES string of the molecule is CC(CO)CN(C)C=O. The Balaban J connectivity index is 3.33. The second kappa shape index (κ2) is 4.32. The first-order valence-electron chi connectivity index (χ1n) is 2.97. The molecular formula is C6H13NO2. The minimum atomic E-state index is 0.137.